The molecular weight excluding hydrogens is 503 g/mol. The van der Waals surface area contributed by atoms with Gasteiger partial charge >= 0.3 is 0 Å². The fourth-order valence-corrected chi connectivity index (χ4v) is 5.80. The predicted octanol–water partition coefficient (Wildman–Crippen LogP) is 5.20. The fourth-order valence-electron chi connectivity index (χ4n) is 4.37. The molecule has 0 aliphatic heterocycles. The smallest absolute Gasteiger partial charge is 0.264 e. The Balaban J connectivity index is 1.56. The van der Waals surface area contributed by atoms with Gasteiger partial charge in [0.25, 0.3) is 15.9 Å². The molecule has 1 amide bonds. The van der Waals surface area contributed by atoms with Crippen molar-refractivity contribution >= 4 is 27.8 Å². The topological polar surface area (TPSA) is 83.8 Å². The van der Waals surface area contributed by atoms with Crippen molar-refractivity contribution in [3.63, 3.8) is 0 Å². The number of aromatic nitrogens is 1. The van der Waals surface area contributed by atoms with Gasteiger partial charge in [0.1, 0.15) is 12.4 Å². The number of halogens is 1. The Morgan fingerprint density at radius 2 is 1.58 bits per heavy atom. The van der Waals surface area contributed by atoms with E-state index in [9.17, 15) is 17.6 Å². The average Bonchev–Trinajstić information content (AvgIpc) is 3.15. The van der Waals surface area contributed by atoms with Crippen LogP contribution >= 0.6 is 0 Å². The lowest BCUT2D eigenvalue weighted by Crippen LogP contribution is -2.39. The van der Waals surface area contributed by atoms with Crippen LogP contribution in [0.15, 0.2) is 88.9 Å². The summed E-state index contributed by atoms with van der Waals surface area (Å²) in [5.41, 5.74) is 7.94. The van der Waals surface area contributed by atoms with Crippen molar-refractivity contribution in [2.45, 2.75) is 32.6 Å². The third-order valence-corrected chi connectivity index (χ3v) is 7.85. The third-order valence-electron chi connectivity index (χ3n) is 6.06. The van der Waals surface area contributed by atoms with Crippen LogP contribution in [-0.4, -0.2) is 31.7 Å². The standard InChI is InChI=1S/C29H29FN4O3S/c1-20-14-21(2)16-27(15-20)33(38(36,37)28-8-6-5-7-9-28)19-29(35)32-31-18-24-17-22(3)34(23(24)4)26-12-10-25(30)11-13-26/h5-18H,19H2,1-4H3,(H,32,35)/b31-18+. The molecular formula is C29H29FN4O3S. The van der Waals surface area contributed by atoms with E-state index in [2.05, 4.69) is 10.5 Å². The summed E-state index contributed by atoms with van der Waals surface area (Å²) < 4.78 is 43.4. The monoisotopic (exact) mass is 532 g/mol. The van der Waals surface area contributed by atoms with Crippen molar-refractivity contribution < 1.29 is 17.6 Å². The molecule has 0 bridgehead atoms. The van der Waals surface area contributed by atoms with Gasteiger partial charge in [0.2, 0.25) is 0 Å². The minimum absolute atomic E-state index is 0.0868. The SMILES string of the molecule is Cc1cc(C)cc(N(CC(=O)N/N=C/c2cc(C)n(-c3ccc(F)cc3)c2C)S(=O)(=O)c2ccccc2)c1. The maximum Gasteiger partial charge on any atom is 0.264 e. The number of carbonyl (C=O) groups is 1. The van der Waals surface area contributed by atoms with Gasteiger partial charge in [-0.25, -0.2) is 18.2 Å². The number of nitrogens with one attached hydrogen (secondary N) is 1. The molecule has 196 valence electrons. The summed E-state index contributed by atoms with van der Waals surface area (Å²) in [4.78, 5) is 13.0. The van der Waals surface area contributed by atoms with Gasteiger partial charge in [-0.15, -0.1) is 0 Å². The molecule has 0 saturated heterocycles. The molecule has 1 aromatic heterocycles. The van der Waals surface area contributed by atoms with Crippen molar-refractivity contribution in [3.8, 4) is 5.69 Å². The van der Waals surface area contributed by atoms with Crippen molar-refractivity contribution in [2.24, 2.45) is 5.10 Å². The van der Waals surface area contributed by atoms with Gasteiger partial charge in [-0.2, -0.15) is 5.10 Å². The Labute approximate surface area is 222 Å². The molecule has 4 rings (SSSR count). The summed E-state index contributed by atoms with van der Waals surface area (Å²) in [5, 5.41) is 4.08. The zero-order chi connectivity index (χ0) is 27.4. The van der Waals surface area contributed by atoms with Crippen LogP contribution in [0.2, 0.25) is 0 Å². The highest BCUT2D eigenvalue weighted by molar-refractivity contribution is 7.92. The number of rotatable bonds is 8. The number of amides is 1. The molecule has 0 atom stereocenters. The van der Waals surface area contributed by atoms with E-state index in [1.807, 2.05) is 44.4 Å². The summed E-state index contributed by atoms with van der Waals surface area (Å²) >= 11 is 0. The van der Waals surface area contributed by atoms with E-state index in [1.165, 1.54) is 30.5 Å². The Hall–Kier alpha value is -4.24. The number of sulfonamides is 1. The van der Waals surface area contributed by atoms with Crippen molar-refractivity contribution in [1.82, 2.24) is 9.99 Å². The molecule has 0 aliphatic carbocycles. The number of hydrogen-bond acceptors (Lipinski definition) is 4. The van der Waals surface area contributed by atoms with Gasteiger partial charge in [0, 0.05) is 22.6 Å². The van der Waals surface area contributed by atoms with Gasteiger partial charge in [0.15, 0.2) is 0 Å². The Kier molecular flexibility index (Phi) is 7.78. The lowest BCUT2D eigenvalue weighted by Gasteiger charge is -2.24. The number of anilines is 1. The zero-order valence-electron chi connectivity index (χ0n) is 21.6. The van der Waals surface area contributed by atoms with Gasteiger partial charge in [-0.05, 0) is 93.4 Å². The van der Waals surface area contributed by atoms with E-state index in [0.29, 0.717) is 5.69 Å². The zero-order valence-corrected chi connectivity index (χ0v) is 22.5. The molecule has 0 saturated carbocycles. The van der Waals surface area contributed by atoms with Crippen LogP contribution in [0.1, 0.15) is 28.1 Å². The minimum Gasteiger partial charge on any atom is -0.318 e. The Morgan fingerprint density at radius 3 is 2.21 bits per heavy atom. The van der Waals surface area contributed by atoms with Crippen LogP contribution in [0.3, 0.4) is 0 Å². The van der Waals surface area contributed by atoms with Gasteiger partial charge in [-0.3, -0.25) is 9.10 Å². The van der Waals surface area contributed by atoms with Gasteiger partial charge < -0.3 is 4.57 Å². The third kappa shape index (κ3) is 5.84. The van der Waals surface area contributed by atoms with Crippen molar-refractivity contribution in [3.05, 3.63) is 113 Å². The first kappa shape index (κ1) is 26.8. The highest BCUT2D eigenvalue weighted by Crippen LogP contribution is 2.26. The summed E-state index contributed by atoms with van der Waals surface area (Å²) in [6.07, 6.45) is 1.51. The number of aryl methyl sites for hydroxylation is 3. The minimum atomic E-state index is -4.01. The number of hydrogen-bond donors (Lipinski definition) is 1. The lowest BCUT2D eigenvalue weighted by molar-refractivity contribution is -0.119. The molecule has 0 fully saturated rings. The lowest BCUT2D eigenvalue weighted by atomic mass is 10.1. The van der Waals surface area contributed by atoms with Crippen LogP contribution in [0.4, 0.5) is 10.1 Å². The van der Waals surface area contributed by atoms with Crippen LogP contribution in [0.5, 0.6) is 0 Å². The molecule has 0 unspecified atom stereocenters. The maximum absolute atomic E-state index is 13.5. The Morgan fingerprint density at radius 1 is 0.947 bits per heavy atom. The van der Waals surface area contributed by atoms with Crippen LogP contribution in [0.25, 0.3) is 5.69 Å². The normalized spacial score (nSPS) is 11.6. The van der Waals surface area contributed by atoms with E-state index in [0.717, 1.165) is 38.1 Å². The van der Waals surface area contributed by atoms with Crippen LogP contribution in [0, 0.1) is 33.5 Å². The molecule has 9 heteroatoms. The van der Waals surface area contributed by atoms with E-state index < -0.39 is 22.5 Å². The average molecular weight is 533 g/mol. The van der Waals surface area contributed by atoms with Gasteiger partial charge in [0.05, 0.1) is 16.8 Å². The van der Waals surface area contributed by atoms with Crippen LogP contribution < -0.4 is 9.73 Å². The number of nitrogens with zero attached hydrogens (tertiary/aromatic N) is 3. The van der Waals surface area contributed by atoms with E-state index in [4.69, 9.17) is 0 Å². The van der Waals surface area contributed by atoms with Crippen molar-refractivity contribution in [1.29, 1.82) is 0 Å². The summed E-state index contributed by atoms with van der Waals surface area (Å²) in [6, 6.07) is 21.5. The second-order valence-corrected chi connectivity index (χ2v) is 11.0. The molecule has 1 N–H and O–H groups in total. The summed E-state index contributed by atoms with van der Waals surface area (Å²) in [6.45, 7) is 7.11. The molecule has 7 nitrogen and oxygen atoms in total. The quantitative estimate of drug-likeness (QED) is 0.250. The van der Waals surface area contributed by atoms with E-state index >= 15 is 0 Å². The first-order valence-corrected chi connectivity index (χ1v) is 13.4. The first-order chi connectivity index (χ1) is 18.1. The molecule has 0 radical (unpaired) electrons. The Bertz CT molecular complexity index is 1570. The number of benzene rings is 3. The second kappa shape index (κ2) is 11.0. The molecule has 0 spiro atoms. The maximum atomic E-state index is 13.5. The van der Waals surface area contributed by atoms with Gasteiger partial charge in [-0.1, -0.05) is 24.3 Å². The molecule has 4 aromatic rings. The fraction of sp³-hybridized carbons (Fsp3) is 0.172. The predicted molar refractivity (Wildman–Crippen MR) is 148 cm³/mol. The highest BCUT2D eigenvalue weighted by Gasteiger charge is 2.27. The second-order valence-electron chi connectivity index (χ2n) is 9.10. The molecule has 3 aromatic carbocycles. The molecule has 0 aliphatic rings. The summed E-state index contributed by atoms with van der Waals surface area (Å²) in [7, 11) is -4.01. The van der Waals surface area contributed by atoms with Crippen molar-refractivity contribution in [2.75, 3.05) is 10.8 Å². The van der Waals surface area contributed by atoms with E-state index in [-0.39, 0.29) is 10.7 Å². The highest BCUT2D eigenvalue weighted by atomic mass is 32.2. The number of hydrazone groups is 1. The van der Waals surface area contributed by atoms with Crippen LogP contribution in [-0.2, 0) is 14.8 Å². The molecule has 1 heterocycles. The molecule has 38 heavy (non-hydrogen) atoms. The van der Waals surface area contributed by atoms with E-state index in [1.54, 1.807) is 42.5 Å². The number of carbonyl (C=O) groups excluding carboxylic acids is 1. The first-order valence-electron chi connectivity index (χ1n) is 12.0. The summed E-state index contributed by atoms with van der Waals surface area (Å²) in [5.74, 6) is -0.905. The largest absolute Gasteiger partial charge is 0.318 e.